The molecule has 0 saturated heterocycles. The van der Waals surface area contributed by atoms with Crippen molar-refractivity contribution in [1.82, 2.24) is 20.4 Å². The lowest BCUT2D eigenvalue weighted by Crippen LogP contribution is -2.45. The molecule has 3 heterocycles. The smallest absolute Gasteiger partial charge is 0.269 e. The Morgan fingerprint density at radius 3 is 2.92 bits per heavy atom. The fourth-order valence-electron chi connectivity index (χ4n) is 2.86. The summed E-state index contributed by atoms with van der Waals surface area (Å²) in [5.74, 6) is 0.697. The minimum atomic E-state index is -0.0959. The number of hydrogen-bond donors (Lipinski definition) is 2. The van der Waals surface area contributed by atoms with Crippen LogP contribution in [0.4, 0.5) is 0 Å². The molecule has 0 spiro atoms. The Kier molecular flexibility index (Phi) is 4.25. The third-order valence-electron chi connectivity index (χ3n) is 4.20. The Hall–Kier alpha value is -2.64. The number of nitrogens with zero attached hydrogens (tertiary/aromatic N) is 2. The first-order chi connectivity index (χ1) is 12.2. The van der Waals surface area contributed by atoms with Crippen molar-refractivity contribution in [3.63, 3.8) is 0 Å². The Labute approximate surface area is 149 Å². The van der Waals surface area contributed by atoms with Crippen LogP contribution in [0.1, 0.15) is 21.5 Å². The highest BCUT2D eigenvalue weighted by Crippen LogP contribution is 2.25. The monoisotopic (exact) mass is 354 g/mol. The molecular formula is C18H18N4O2S. The van der Waals surface area contributed by atoms with E-state index in [1.165, 1.54) is 4.88 Å². The Bertz CT molecular complexity index is 871. The van der Waals surface area contributed by atoms with Crippen LogP contribution in [0.2, 0.25) is 0 Å². The zero-order chi connectivity index (χ0) is 17.2. The van der Waals surface area contributed by atoms with E-state index < -0.39 is 0 Å². The number of thiophene rings is 1. The molecule has 25 heavy (non-hydrogen) atoms. The maximum atomic E-state index is 12.2. The second kappa shape index (κ2) is 6.70. The van der Waals surface area contributed by atoms with Gasteiger partial charge in [0.15, 0.2) is 0 Å². The van der Waals surface area contributed by atoms with Gasteiger partial charge < -0.3 is 10.1 Å². The van der Waals surface area contributed by atoms with E-state index in [0.717, 1.165) is 23.6 Å². The van der Waals surface area contributed by atoms with Gasteiger partial charge in [-0.15, -0.1) is 11.3 Å². The molecule has 128 valence electrons. The Morgan fingerprint density at radius 2 is 2.20 bits per heavy atom. The second-order valence-electron chi connectivity index (χ2n) is 5.77. The molecule has 1 aliphatic rings. The summed E-state index contributed by atoms with van der Waals surface area (Å²) in [7, 11) is 1.64. The summed E-state index contributed by atoms with van der Waals surface area (Å²) in [5, 5.41) is 13.1. The van der Waals surface area contributed by atoms with Gasteiger partial charge in [0.25, 0.3) is 5.91 Å². The molecule has 2 N–H and O–H groups in total. The number of nitrogens with one attached hydrogen (secondary N) is 2. The van der Waals surface area contributed by atoms with Crippen LogP contribution >= 0.6 is 11.3 Å². The topological polar surface area (TPSA) is 68.2 Å². The van der Waals surface area contributed by atoms with Crippen LogP contribution in [0.25, 0.3) is 11.3 Å². The average molecular weight is 354 g/mol. The largest absolute Gasteiger partial charge is 0.497 e. The molecule has 0 aliphatic carbocycles. The summed E-state index contributed by atoms with van der Waals surface area (Å²) in [6, 6.07) is 13.6. The van der Waals surface area contributed by atoms with E-state index in [-0.39, 0.29) is 12.1 Å². The van der Waals surface area contributed by atoms with Gasteiger partial charge >= 0.3 is 0 Å². The van der Waals surface area contributed by atoms with E-state index in [1.807, 2.05) is 36.4 Å². The number of carbonyl (C=O) groups is 1. The Balaban J connectivity index is 1.60. The van der Waals surface area contributed by atoms with E-state index in [1.54, 1.807) is 23.1 Å². The first kappa shape index (κ1) is 15.9. The molecule has 3 aromatic rings. The number of methoxy groups -OCH3 is 1. The van der Waals surface area contributed by atoms with Crippen molar-refractivity contribution in [2.45, 2.75) is 12.7 Å². The van der Waals surface area contributed by atoms with Crippen LogP contribution in [0.15, 0.2) is 47.8 Å². The molecule has 6 nitrogen and oxygen atoms in total. The van der Waals surface area contributed by atoms with Crippen LogP contribution in [0, 0.1) is 0 Å². The summed E-state index contributed by atoms with van der Waals surface area (Å²) in [5.41, 5.74) is 2.30. The molecule has 1 amide bonds. The van der Waals surface area contributed by atoms with Gasteiger partial charge in [-0.3, -0.25) is 10.1 Å². The number of benzene rings is 1. The summed E-state index contributed by atoms with van der Waals surface area (Å²) in [6.45, 7) is 1.26. The predicted octanol–water partition coefficient (Wildman–Crippen LogP) is 2.65. The van der Waals surface area contributed by atoms with Crippen molar-refractivity contribution in [2.24, 2.45) is 0 Å². The van der Waals surface area contributed by atoms with Crippen LogP contribution in [-0.4, -0.2) is 29.3 Å². The van der Waals surface area contributed by atoms with Crippen molar-refractivity contribution in [1.29, 1.82) is 0 Å². The zero-order valence-corrected chi connectivity index (χ0v) is 14.5. The van der Waals surface area contributed by atoms with Gasteiger partial charge in [0.2, 0.25) is 0 Å². The van der Waals surface area contributed by atoms with E-state index in [9.17, 15) is 4.79 Å². The number of carbonyl (C=O) groups excluding carboxylic acids is 1. The maximum Gasteiger partial charge on any atom is 0.269 e. The van der Waals surface area contributed by atoms with Crippen LogP contribution < -0.4 is 15.4 Å². The van der Waals surface area contributed by atoms with Crippen molar-refractivity contribution in [2.75, 3.05) is 13.7 Å². The first-order valence-corrected chi connectivity index (χ1v) is 8.90. The molecule has 2 aromatic heterocycles. The molecule has 0 fully saturated rings. The van der Waals surface area contributed by atoms with E-state index in [0.29, 0.717) is 12.2 Å². The van der Waals surface area contributed by atoms with Gasteiger partial charge in [0.05, 0.1) is 19.3 Å². The van der Waals surface area contributed by atoms with Crippen molar-refractivity contribution < 1.29 is 9.53 Å². The Morgan fingerprint density at radius 1 is 1.36 bits per heavy atom. The number of hydrogen-bond acceptors (Lipinski definition) is 5. The summed E-state index contributed by atoms with van der Waals surface area (Å²) >= 11 is 1.71. The van der Waals surface area contributed by atoms with Crippen molar-refractivity contribution in [3.8, 4) is 17.0 Å². The highest BCUT2D eigenvalue weighted by atomic mass is 32.1. The molecule has 0 saturated carbocycles. The molecule has 7 heteroatoms. The summed E-state index contributed by atoms with van der Waals surface area (Å²) < 4.78 is 6.97. The van der Waals surface area contributed by atoms with Crippen molar-refractivity contribution >= 4 is 17.2 Å². The van der Waals surface area contributed by atoms with Gasteiger partial charge in [-0.05, 0) is 41.8 Å². The van der Waals surface area contributed by atoms with Gasteiger partial charge in [0, 0.05) is 17.0 Å². The summed E-state index contributed by atoms with van der Waals surface area (Å²) in [6.07, 6.45) is -0.0678. The lowest BCUT2D eigenvalue weighted by molar-refractivity contribution is 0.0900. The third-order valence-corrected chi connectivity index (χ3v) is 5.07. The van der Waals surface area contributed by atoms with Gasteiger partial charge in [-0.2, -0.15) is 5.10 Å². The first-order valence-electron chi connectivity index (χ1n) is 8.02. The van der Waals surface area contributed by atoms with Gasteiger partial charge in [-0.1, -0.05) is 6.07 Å². The van der Waals surface area contributed by atoms with E-state index in [2.05, 4.69) is 27.2 Å². The molecular weight excluding hydrogens is 336 g/mol. The number of ether oxygens (including phenoxy) is 1. The highest BCUT2D eigenvalue weighted by Gasteiger charge is 2.27. The average Bonchev–Trinajstić information content (AvgIpc) is 3.31. The number of aromatic nitrogens is 2. The number of rotatable bonds is 5. The number of fused-ring (bicyclic) bond motifs is 1. The third kappa shape index (κ3) is 3.16. The molecule has 0 radical (unpaired) electrons. The molecule has 1 unspecified atom stereocenters. The predicted molar refractivity (Wildman–Crippen MR) is 96.7 cm³/mol. The van der Waals surface area contributed by atoms with Gasteiger partial charge in [0.1, 0.15) is 17.6 Å². The lowest BCUT2D eigenvalue weighted by atomic mass is 10.1. The molecule has 1 aliphatic heterocycles. The maximum absolute atomic E-state index is 12.2. The number of amides is 1. The van der Waals surface area contributed by atoms with Crippen LogP contribution in [0.3, 0.4) is 0 Å². The normalized spacial score (nSPS) is 16.4. The lowest BCUT2D eigenvalue weighted by Gasteiger charge is -2.25. The van der Waals surface area contributed by atoms with E-state index >= 15 is 0 Å². The molecule has 0 bridgehead atoms. The minimum Gasteiger partial charge on any atom is -0.497 e. The zero-order valence-electron chi connectivity index (χ0n) is 13.7. The minimum absolute atomic E-state index is 0.0678. The fraction of sp³-hybridized carbons (Fsp3) is 0.222. The SMILES string of the molecule is COc1ccc(-c2cc3n(n2)C(NCc2cccs2)CNC3=O)cc1. The van der Waals surface area contributed by atoms with E-state index in [4.69, 9.17) is 4.74 Å². The quantitative estimate of drug-likeness (QED) is 0.739. The molecule has 1 atom stereocenters. The highest BCUT2D eigenvalue weighted by molar-refractivity contribution is 7.09. The van der Waals surface area contributed by atoms with Gasteiger partial charge in [-0.25, -0.2) is 4.68 Å². The molecule has 4 rings (SSSR count). The molecule has 1 aromatic carbocycles. The van der Waals surface area contributed by atoms with Crippen molar-refractivity contribution in [3.05, 3.63) is 58.4 Å². The van der Waals surface area contributed by atoms with Crippen LogP contribution in [-0.2, 0) is 6.54 Å². The fourth-order valence-corrected chi connectivity index (χ4v) is 3.52. The summed E-state index contributed by atoms with van der Waals surface area (Å²) in [4.78, 5) is 13.4. The van der Waals surface area contributed by atoms with Crippen LogP contribution in [0.5, 0.6) is 5.75 Å². The standard InChI is InChI=1S/C18H18N4O2S/c1-24-13-6-4-12(5-7-13)15-9-16-18(23)20-11-17(22(16)21-15)19-10-14-3-2-8-25-14/h2-9,17,19H,10-11H2,1H3,(H,20,23). The second-order valence-corrected chi connectivity index (χ2v) is 6.81.